The number of aromatic nitrogens is 3. The summed E-state index contributed by atoms with van der Waals surface area (Å²) in [5, 5.41) is 0. The van der Waals surface area contributed by atoms with Crippen LogP contribution in [0.15, 0.2) is 18.3 Å². The molecule has 0 spiro atoms. The molecule has 0 amide bonds. The Bertz CT molecular complexity index is 529. The first-order chi connectivity index (χ1) is 8.90. The predicted octanol–water partition coefficient (Wildman–Crippen LogP) is 3.45. The van der Waals surface area contributed by atoms with Crippen molar-refractivity contribution in [1.29, 1.82) is 0 Å². The molecule has 2 aromatic rings. The summed E-state index contributed by atoms with van der Waals surface area (Å²) >= 11 is 2.07. The Kier molecular flexibility index (Phi) is 3.55. The van der Waals surface area contributed by atoms with Gasteiger partial charge in [0.25, 0.3) is 0 Å². The minimum Gasteiger partial charge on any atom is -0.312 e. The number of thioether (sulfide) groups is 1. The number of nitrogens with zero attached hydrogens (tertiary/aromatic N) is 3. The largest absolute Gasteiger partial charge is 0.312 e. The Morgan fingerprint density at radius 3 is 3.00 bits per heavy atom. The Morgan fingerprint density at radius 2 is 2.22 bits per heavy atom. The number of rotatable bonds is 3. The lowest BCUT2D eigenvalue weighted by Gasteiger charge is -2.21. The van der Waals surface area contributed by atoms with Crippen LogP contribution in [0.5, 0.6) is 0 Å². The van der Waals surface area contributed by atoms with Crippen LogP contribution in [-0.4, -0.2) is 26.0 Å². The van der Waals surface area contributed by atoms with E-state index in [0.29, 0.717) is 5.92 Å². The second-order valence-electron chi connectivity index (χ2n) is 4.85. The van der Waals surface area contributed by atoms with Gasteiger partial charge in [-0.2, -0.15) is 11.8 Å². The fraction of sp³-hybridized carbons (Fsp3) is 0.571. The van der Waals surface area contributed by atoms with E-state index in [2.05, 4.69) is 34.3 Å². The molecule has 3 nitrogen and oxygen atoms in total. The fourth-order valence-corrected chi connectivity index (χ4v) is 3.79. The summed E-state index contributed by atoms with van der Waals surface area (Å²) in [5.41, 5.74) is 2.12. The van der Waals surface area contributed by atoms with Crippen LogP contribution in [-0.2, 0) is 6.54 Å². The van der Waals surface area contributed by atoms with Gasteiger partial charge in [0.1, 0.15) is 11.3 Å². The Labute approximate surface area is 112 Å². The summed E-state index contributed by atoms with van der Waals surface area (Å²) in [6.45, 7) is 3.25. The van der Waals surface area contributed by atoms with Crippen molar-refractivity contribution in [3.8, 4) is 0 Å². The zero-order chi connectivity index (χ0) is 12.4. The molecule has 0 unspecified atom stereocenters. The molecule has 0 atom stereocenters. The van der Waals surface area contributed by atoms with Crippen molar-refractivity contribution in [3.63, 3.8) is 0 Å². The standard InChI is InChI=1S/C14H19N3S/c1-2-8-17-13(11-5-9-18-10-6-11)16-12-4-3-7-15-14(12)17/h3-4,7,11H,2,5-6,8-10H2,1H3. The highest BCUT2D eigenvalue weighted by molar-refractivity contribution is 7.99. The van der Waals surface area contributed by atoms with Gasteiger partial charge in [0.15, 0.2) is 5.65 Å². The van der Waals surface area contributed by atoms with Crippen LogP contribution in [0.1, 0.15) is 37.9 Å². The molecule has 2 aromatic heterocycles. The third-order valence-corrected chi connectivity index (χ3v) is 4.62. The zero-order valence-electron chi connectivity index (χ0n) is 10.8. The molecular weight excluding hydrogens is 242 g/mol. The van der Waals surface area contributed by atoms with Gasteiger partial charge in [-0.15, -0.1) is 0 Å². The number of pyridine rings is 1. The number of imidazole rings is 1. The van der Waals surface area contributed by atoms with Gasteiger partial charge < -0.3 is 4.57 Å². The average molecular weight is 261 g/mol. The van der Waals surface area contributed by atoms with Crippen molar-refractivity contribution < 1.29 is 0 Å². The predicted molar refractivity (Wildman–Crippen MR) is 77.1 cm³/mol. The van der Waals surface area contributed by atoms with Crippen LogP contribution in [0, 0.1) is 0 Å². The molecule has 0 N–H and O–H groups in total. The smallest absolute Gasteiger partial charge is 0.159 e. The zero-order valence-corrected chi connectivity index (χ0v) is 11.6. The highest BCUT2D eigenvalue weighted by Gasteiger charge is 2.22. The molecule has 0 aliphatic carbocycles. The monoisotopic (exact) mass is 261 g/mol. The van der Waals surface area contributed by atoms with Crippen molar-refractivity contribution in [2.75, 3.05) is 11.5 Å². The summed E-state index contributed by atoms with van der Waals surface area (Å²) in [7, 11) is 0. The highest BCUT2D eigenvalue weighted by atomic mass is 32.2. The Balaban J connectivity index is 2.05. The van der Waals surface area contributed by atoms with Gasteiger partial charge in [0.05, 0.1) is 0 Å². The van der Waals surface area contributed by atoms with E-state index < -0.39 is 0 Å². The topological polar surface area (TPSA) is 30.7 Å². The number of hydrogen-bond acceptors (Lipinski definition) is 3. The van der Waals surface area contributed by atoms with E-state index in [1.165, 1.54) is 30.2 Å². The maximum absolute atomic E-state index is 4.85. The lowest BCUT2D eigenvalue weighted by molar-refractivity contribution is 0.545. The molecule has 1 aliphatic heterocycles. The van der Waals surface area contributed by atoms with Crippen molar-refractivity contribution in [3.05, 3.63) is 24.2 Å². The van der Waals surface area contributed by atoms with Gasteiger partial charge in [0.2, 0.25) is 0 Å². The minimum atomic E-state index is 0.631. The van der Waals surface area contributed by atoms with Crippen molar-refractivity contribution in [2.45, 2.75) is 38.6 Å². The third-order valence-electron chi connectivity index (χ3n) is 3.57. The first kappa shape index (κ1) is 12.0. The molecule has 18 heavy (non-hydrogen) atoms. The van der Waals surface area contributed by atoms with Gasteiger partial charge in [-0.25, -0.2) is 9.97 Å². The van der Waals surface area contributed by atoms with E-state index in [0.717, 1.165) is 24.1 Å². The maximum atomic E-state index is 4.85. The van der Waals surface area contributed by atoms with Gasteiger partial charge in [0, 0.05) is 18.7 Å². The molecular formula is C14H19N3S. The van der Waals surface area contributed by atoms with Crippen LogP contribution in [0.2, 0.25) is 0 Å². The molecule has 3 heterocycles. The quantitative estimate of drug-likeness (QED) is 0.848. The maximum Gasteiger partial charge on any atom is 0.159 e. The molecule has 1 fully saturated rings. The van der Waals surface area contributed by atoms with Crippen LogP contribution in [0.25, 0.3) is 11.2 Å². The van der Waals surface area contributed by atoms with Gasteiger partial charge in [-0.1, -0.05) is 6.92 Å². The highest BCUT2D eigenvalue weighted by Crippen LogP contribution is 2.32. The second-order valence-corrected chi connectivity index (χ2v) is 6.08. The van der Waals surface area contributed by atoms with Crippen molar-refractivity contribution in [2.24, 2.45) is 0 Å². The normalized spacial score (nSPS) is 17.4. The van der Waals surface area contributed by atoms with E-state index in [9.17, 15) is 0 Å². The molecule has 96 valence electrons. The molecule has 0 radical (unpaired) electrons. The Hall–Kier alpha value is -1.03. The second kappa shape index (κ2) is 5.31. The van der Waals surface area contributed by atoms with Gasteiger partial charge in [-0.3, -0.25) is 0 Å². The summed E-state index contributed by atoms with van der Waals surface area (Å²) in [5.74, 6) is 4.44. The Morgan fingerprint density at radius 1 is 1.39 bits per heavy atom. The summed E-state index contributed by atoms with van der Waals surface area (Å²) < 4.78 is 2.34. The van der Waals surface area contributed by atoms with E-state index in [-0.39, 0.29) is 0 Å². The lowest BCUT2D eigenvalue weighted by Crippen LogP contribution is -2.14. The summed E-state index contributed by atoms with van der Waals surface area (Å²) in [6, 6.07) is 4.06. The van der Waals surface area contributed by atoms with Crippen LogP contribution in [0.3, 0.4) is 0 Å². The van der Waals surface area contributed by atoms with E-state index in [1.54, 1.807) is 0 Å². The summed E-state index contributed by atoms with van der Waals surface area (Å²) in [4.78, 5) is 9.36. The number of hydrogen-bond donors (Lipinski definition) is 0. The molecule has 1 saturated heterocycles. The van der Waals surface area contributed by atoms with Gasteiger partial charge >= 0.3 is 0 Å². The van der Waals surface area contributed by atoms with E-state index >= 15 is 0 Å². The third kappa shape index (κ3) is 2.14. The number of aryl methyl sites for hydroxylation is 1. The van der Waals surface area contributed by atoms with Crippen molar-refractivity contribution in [1.82, 2.24) is 14.5 Å². The van der Waals surface area contributed by atoms with Crippen LogP contribution >= 0.6 is 11.8 Å². The first-order valence-corrected chi connectivity index (χ1v) is 7.94. The molecule has 0 aromatic carbocycles. The molecule has 0 bridgehead atoms. The van der Waals surface area contributed by atoms with E-state index in [4.69, 9.17) is 4.98 Å². The van der Waals surface area contributed by atoms with Crippen molar-refractivity contribution >= 4 is 22.9 Å². The van der Waals surface area contributed by atoms with Crippen LogP contribution < -0.4 is 0 Å². The summed E-state index contributed by atoms with van der Waals surface area (Å²) in [6.07, 6.45) is 5.53. The molecule has 3 rings (SSSR count). The lowest BCUT2D eigenvalue weighted by atomic mass is 10.0. The molecule has 1 aliphatic rings. The molecule has 4 heteroatoms. The number of fused-ring (bicyclic) bond motifs is 1. The van der Waals surface area contributed by atoms with Crippen LogP contribution in [0.4, 0.5) is 0 Å². The fourth-order valence-electron chi connectivity index (χ4n) is 2.69. The molecule has 0 saturated carbocycles. The van der Waals surface area contributed by atoms with Gasteiger partial charge in [-0.05, 0) is 42.9 Å². The SMILES string of the molecule is CCCn1c(C2CCSCC2)nc2cccnc21. The first-order valence-electron chi connectivity index (χ1n) is 6.79. The van der Waals surface area contributed by atoms with E-state index in [1.807, 2.05) is 12.3 Å². The minimum absolute atomic E-state index is 0.631. The average Bonchev–Trinajstić information content (AvgIpc) is 2.80.